The van der Waals surface area contributed by atoms with E-state index in [2.05, 4.69) is 5.32 Å². The van der Waals surface area contributed by atoms with Crippen LogP contribution in [-0.2, 0) is 21.2 Å². The largest absolute Gasteiger partial charge is 0.480 e. The van der Waals surface area contributed by atoms with Crippen molar-refractivity contribution in [2.45, 2.75) is 31.1 Å². The van der Waals surface area contributed by atoms with E-state index in [-0.39, 0.29) is 12.5 Å². The van der Waals surface area contributed by atoms with Crippen LogP contribution in [0.2, 0.25) is 0 Å². The third-order valence-corrected chi connectivity index (χ3v) is 6.13. The molecule has 1 aromatic rings. The van der Waals surface area contributed by atoms with Gasteiger partial charge < -0.3 is 10.4 Å². The lowest BCUT2D eigenvalue weighted by atomic mass is 10.00. The monoisotopic (exact) mass is 340 g/mol. The van der Waals surface area contributed by atoms with Gasteiger partial charge in [-0.3, -0.25) is 4.79 Å². The molecule has 6 nitrogen and oxygen atoms in total. The van der Waals surface area contributed by atoms with Crippen molar-refractivity contribution in [2.24, 2.45) is 5.92 Å². The second-order valence-electron chi connectivity index (χ2n) is 5.86. The van der Waals surface area contributed by atoms with Crippen molar-refractivity contribution in [1.82, 2.24) is 9.62 Å². The molecular weight excluding hydrogens is 316 g/mol. The molecule has 2 rings (SSSR count). The Morgan fingerprint density at radius 2 is 2.13 bits per heavy atom. The van der Waals surface area contributed by atoms with Gasteiger partial charge in [-0.1, -0.05) is 25.1 Å². The van der Waals surface area contributed by atoms with E-state index < -0.39 is 16.0 Å². The Kier molecular flexibility index (Phi) is 6.15. The highest BCUT2D eigenvalue weighted by atomic mass is 32.2. The van der Waals surface area contributed by atoms with Crippen LogP contribution in [0.1, 0.15) is 25.3 Å². The summed E-state index contributed by atoms with van der Waals surface area (Å²) in [5.74, 6) is -0.756. The Morgan fingerprint density at radius 1 is 1.39 bits per heavy atom. The summed E-state index contributed by atoms with van der Waals surface area (Å²) in [7, 11) is -3.49. The van der Waals surface area contributed by atoms with Gasteiger partial charge >= 0.3 is 5.97 Å². The molecular formula is C16H24N2O4S. The third kappa shape index (κ3) is 4.53. The van der Waals surface area contributed by atoms with Gasteiger partial charge in [0.25, 0.3) is 0 Å². The van der Waals surface area contributed by atoms with Crippen LogP contribution in [0.15, 0.2) is 29.2 Å². The maximum Gasteiger partial charge on any atom is 0.317 e. The van der Waals surface area contributed by atoms with Gasteiger partial charge in [0.2, 0.25) is 10.0 Å². The molecule has 0 saturated carbocycles. The molecule has 128 valence electrons. The van der Waals surface area contributed by atoms with Crippen molar-refractivity contribution in [3.8, 4) is 0 Å². The summed E-state index contributed by atoms with van der Waals surface area (Å²) in [5.41, 5.74) is 0.832. The van der Waals surface area contributed by atoms with Gasteiger partial charge in [-0.25, -0.2) is 8.42 Å². The minimum atomic E-state index is -3.49. The zero-order valence-corrected chi connectivity index (χ0v) is 14.2. The topological polar surface area (TPSA) is 86.7 Å². The van der Waals surface area contributed by atoms with Crippen LogP contribution in [0, 0.1) is 5.92 Å². The minimum Gasteiger partial charge on any atom is -0.480 e. The zero-order valence-electron chi connectivity index (χ0n) is 13.4. The van der Waals surface area contributed by atoms with E-state index in [1.807, 2.05) is 19.1 Å². The molecule has 0 radical (unpaired) electrons. The summed E-state index contributed by atoms with van der Waals surface area (Å²) in [6, 6.07) is 7.12. The summed E-state index contributed by atoms with van der Waals surface area (Å²) in [5, 5.41) is 11.5. The van der Waals surface area contributed by atoms with Crippen molar-refractivity contribution in [3.63, 3.8) is 0 Å². The van der Waals surface area contributed by atoms with E-state index in [0.29, 0.717) is 31.0 Å². The molecule has 0 aromatic heterocycles. The normalized spacial score (nSPS) is 19.6. The standard InChI is InChI=1S/C16H24N2O4S/c1-2-14-7-3-4-8-15(14)23(21,22)18-9-5-6-13(12-18)10-17-11-16(19)20/h3-4,7-8,13,17H,2,5-6,9-12H2,1H3,(H,19,20). The second-order valence-corrected chi connectivity index (χ2v) is 7.76. The number of carboxylic acid groups (broad SMARTS) is 1. The lowest BCUT2D eigenvalue weighted by molar-refractivity contribution is -0.136. The molecule has 1 aliphatic heterocycles. The van der Waals surface area contributed by atoms with E-state index >= 15 is 0 Å². The van der Waals surface area contributed by atoms with Crippen molar-refractivity contribution in [1.29, 1.82) is 0 Å². The van der Waals surface area contributed by atoms with E-state index in [1.165, 1.54) is 4.31 Å². The number of nitrogens with one attached hydrogen (secondary N) is 1. The SMILES string of the molecule is CCc1ccccc1S(=O)(=O)N1CCCC(CNCC(=O)O)C1. The molecule has 1 unspecified atom stereocenters. The molecule has 0 spiro atoms. The maximum absolute atomic E-state index is 12.9. The fraction of sp³-hybridized carbons (Fsp3) is 0.562. The molecule has 0 bridgehead atoms. The van der Waals surface area contributed by atoms with E-state index in [1.54, 1.807) is 12.1 Å². The Morgan fingerprint density at radius 3 is 2.83 bits per heavy atom. The highest BCUT2D eigenvalue weighted by molar-refractivity contribution is 7.89. The number of carbonyl (C=O) groups is 1. The quantitative estimate of drug-likeness (QED) is 0.782. The predicted octanol–water partition coefficient (Wildman–Crippen LogP) is 1.32. The van der Waals surface area contributed by atoms with Gasteiger partial charge in [0, 0.05) is 13.1 Å². The number of piperidine rings is 1. The van der Waals surface area contributed by atoms with Crippen LogP contribution in [-0.4, -0.2) is 50.0 Å². The van der Waals surface area contributed by atoms with Crippen molar-refractivity contribution >= 4 is 16.0 Å². The molecule has 0 amide bonds. The molecule has 2 N–H and O–H groups in total. The number of aliphatic carboxylic acids is 1. The van der Waals surface area contributed by atoms with Gasteiger partial charge in [-0.15, -0.1) is 0 Å². The number of aryl methyl sites for hydroxylation is 1. The van der Waals surface area contributed by atoms with Crippen LogP contribution in [0.3, 0.4) is 0 Å². The number of nitrogens with zero attached hydrogens (tertiary/aromatic N) is 1. The lowest BCUT2D eigenvalue weighted by Gasteiger charge is -2.32. The molecule has 7 heteroatoms. The number of carboxylic acids is 1. The number of hydrogen-bond donors (Lipinski definition) is 2. The zero-order chi connectivity index (χ0) is 16.9. The molecule has 1 aromatic carbocycles. The fourth-order valence-corrected chi connectivity index (χ4v) is 4.83. The van der Waals surface area contributed by atoms with Crippen molar-refractivity contribution in [3.05, 3.63) is 29.8 Å². The molecule has 1 aliphatic rings. The maximum atomic E-state index is 12.9. The van der Waals surface area contributed by atoms with E-state index in [4.69, 9.17) is 5.11 Å². The highest BCUT2D eigenvalue weighted by Gasteiger charge is 2.31. The Labute approximate surface area is 137 Å². The summed E-state index contributed by atoms with van der Waals surface area (Å²) < 4.78 is 27.4. The van der Waals surface area contributed by atoms with Crippen molar-refractivity contribution < 1.29 is 18.3 Å². The molecule has 0 aliphatic carbocycles. The summed E-state index contributed by atoms with van der Waals surface area (Å²) >= 11 is 0. The first-order valence-corrected chi connectivity index (χ1v) is 9.39. The second kappa shape index (κ2) is 7.90. The van der Waals surface area contributed by atoms with Crippen LogP contribution in [0.4, 0.5) is 0 Å². The Balaban J connectivity index is 2.09. The first kappa shape index (κ1) is 17.9. The minimum absolute atomic E-state index is 0.0953. The first-order chi connectivity index (χ1) is 10.9. The smallest absolute Gasteiger partial charge is 0.317 e. The first-order valence-electron chi connectivity index (χ1n) is 7.95. The number of sulfonamides is 1. The molecule has 1 atom stereocenters. The predicted molar refractivity (Wildman–Crippen MR) is 87.8 cm³/mol. The van der Waals surface area contributed by atoms with Crippen molar-refractivity contribution in [2.75, 3.05) is 26.2 Å². The summed E-state index contributed by atoms with van der Waals surface area (Å²) in [6.45, 7) is 3.33. The summed E-state index contributed by atoms with van der Waals surface area (Å²) in [4.78, 5) is 10.9. The highest BCUT2D eigenvalue weighted by Crippen LogP contribution is 2.25. The van der Waals surface area contributed by atoms with Crippen LogP contribution >= 0.6 is 0 Å². The number of benzene rings is 1. The molecule has 1 saturated heterocycles. The van der Waals surface area contributed by atoms with Gasteiger partial charge in [0.1, 0.15) is 0 Å². The van der Waals surface area contributed by atoms with Gasteiger partial charge in [-0.05, 0) is 43.4 Å². The van der Waals surface area contributed by atoms with Gasteiger partial charge in [-0.2, -0.15) is 4.31 Å². The van der Waals surface area contributed by atoms with Gasteiger partial charge in [0.05, 0.1) is 11.4 Å². The van der Waals surface area contributed by atoms with E-state index in [0.717, 1.165) is 18.4 Å². The summed E-state index contributed by atoms with van der Waals surface area (Å²) in [6.07, 6.45) is 2.38. The number of rotatable bonds is 7. The molecule has 23 heavy (non-hydrogen) atoms. The Bertz CT molecular complexity index is 645. The Hall–Kier alpha value is -1.44. The molecule has 1 heterocycles. The third-order valence-electron chi connectivity index (χ3n) is 4.16. The molecule has 1 fully saturated rings. The lowest BCUT2D eigenvalue weighted by Crippen LogP contribution is -2.43. The average Bonchev–Trinajstić information content (AvgIpc) is 2.54. The fourth-order valence-electron chi connectivity index (χ4n) is 2.98. The number of hydrogen-bond acceptors (Lipinski definition) is 4. The average molecular weight is 340 g/mol. The van der Waals surface area contributed by atoms with Crippen LogP contribution in [0.5, 0.6) is 0 Å². The van der Waals surface area contributed by atoms with E-state index in [9.17, 15) is 13.2 Å². The van der Waals surface area contributed by atoms with Gasteiger partial charge in [0.15, 0.2) is 0 Å². The van der Waals surface area contributed by atoms with Crippen LogP contribution in [0.25, 0.3) is 0 Å². The van der Waals surface area contributed by atoms with Crippen LogP contribution < -0.4 is 5.32 Å².